The quantitative estimate of drug-likeness (QED) is 0.865. The Balaban J connectivity index is 1.80. The molecule has 0 amide bonds. The lowest BCUT2D eigenvalue weighted by Gasteiger charge is -2.11. The maximum Gasteiger partial charge on any atom is 0.183 e. The molecular formula is C13H16BrN5O. The molecule has 2 heterocycles. The standard InChI is InChI=1S/C13H16BrN5O/c14-12-10(4-1-5-11(12)15)13-16-17-18-19(13)7-6-9-3-2-8-20-9/h1,4-5,9H,2-3,6-8,15H2. The highest BCUT2D eigenvalue weighted by Crippen LogP contribution is 2.31. The molecule has 1 aromatic heterocycles. The van der Waals surface area contributed by atoms with Gasteiger partial charge in [-0.15, -0.1) is 5.10 Å². The molecular weight excluding hydrogens is 322 g/mol. The Labute approximate surface area is 125 Å². The fraction of sp³-hybridized carbons (Fsp3) is 0.462. The van der Waals surface area contributed by atoms with E-state index in [9.17, 15) is 0 Å². The normalized spacial score (nSPS) is 18.6. The van der Waals surface area contributed by atoms with E-state index >= 15 is 0 Å². The van der Waals surface area contributed by atoms with Crippen LogP contribution >= 0.6 is 15.9 Å². The summed E-state index contributed by atoms with van der Waals surface area (Å²) in [6.07, 6.45) is 3.53. The summed E-state index contributed by atoms with van der Waals surface area (Å²) in [6, 6.07) is 5.69. The number of nitrogen functional groups attached to an aromatic ring is 1. The van der Waals surface area contributed by atoms with Gasteiger partial charge in [-0.2, -0.15) is 0 Å². The summed E-state index contributed by atoms with van der Waals surface area (Å²) in [6.45, 7) is 1.61. The summed E-state index contributed by atoms with van der Waals surface area (Å²) in [5, 5.41) is 11.9. The monoisotopic (exact) mass is 337 g/mol. The molecule has 1 saturated heterocycles. The summed E-state index contributed by atoms with van der Waals surface area (Å²) >= 11 is 3.49. The van der Waals surface area contributed by atoms with Crippen molar-refractivity contribution < 1.29 is 4.74 Å². The number of rotatable bonds is 4. The first-order chi connectivity index (χ1) is 9.75. The van der Waals surface area contributed by atoms with Crippen molar-refractivity contribution in [1.29, 1.82) is 0 Å². The summed E-state index contributed by atoms with van der Waals surface area (Å²) in [4.78, 5) is 0. The number of anilines is 1. The maximum absolute atomic E-state index is 5.91. The van der Waals surface area contributed by atoms with Gasteiger partial charge in [-0.3, -0.25) is 0 Å². The lowest BCUT2D eigenvalue weighted by Crippen LogP contribution is -2.12. The van der Waals surface area contributed by atoms with Crippen LogP contribution in [0.15, 0.2) is 22.7 Å². The van der Waals surface area contributed by atoms with E-state index in [1.165, 1.54) is 0 Å². The largest absolute Gasteiger partial charge is 0.398 e. The number of hydrogen-bond donors (Lipinski definition) is 1. The number of tetrazole rings is 1. The van der Waals surface area contributed by atoms with Crippen molar-refractivity contribution in [2.45, 2.75) is 31.9 Å². The Kier molecular flexibility index (Phi) is 3.98. The molecule has 1 atom stereocenters. The Bertz CT molecular complexity index is 594. The minimum atomic E-state index is 0.330. The lowest BCUT2D eigenvalue weighted by atomic mass is 10.1. The number of hydrogen-bond acceptors (Lipinski definition) is 5. The maximum atomic E-state index is 5.91. The molecule has 1 fully saturated rings. The minimum absolute atomic E-state index is 0.330. The number of aromatic nitrogens is 4. The van der Waals surface area contributed by atoms with Crippen molar-refractivity contribution in [2.75, 3.05) is 12.3 Å². The van der Waals surface area contributed by atoms with E-state index in [4.69, 9.17) is 10.5 Å². The molecule has 0 saturated carbocycles. The van der Waals surface area contributed by atoms with Crippen LogP contribution in [0.25, 0.3) is 11.4 Å². The van der Waals surface area contributed by atoms with Crippen LogP contribution in [0.5, 0.6) is 0 Å². The molecule has 0 aliphatic carbocycles. The highest BCUT2D eigenvalue weighted by molar-refractivity contribution is 9.10. The molecule has 20 heavy (non-hydrogen) atoms. The predicted octanol–water partition coefficient (Wildman–Crippen LogP) is 2.25. The molecule has 2 N–H and O–H groups in total. The summed E-state index contributed by atoms with van der Waals surface area (Å²) in [7, 11) is 0. The molecule has 1 aliphatic heterocycles. The lowest BCUT2D eigenvalue weighted by molar-refractivity contribution is 0.0994. The zero-order valence-electron chi connectivity index (χ0n) is 11.0. The third-order valence-electron chi connectivity index (χ3n) is 3.49. The van der Waals surface area contributed by atoms with E-state index < -0.39 is 0 Å². The molecule has 6 nitrogen and oxygen atoms in total. The van der Waals surface area contributed by atoms with E-state index in [1.807, 2.05) is 18.2 Å². The summed E-state index contributed by atoms with van der Waals surface area (Å²) in [5.74, 6) is 0.724. The fourth-order valence-corrected chi connectivity index (χ4v) is 2.85. The van der Waals surface area contributed by atoms with Crippen molar-refractivity contribution in [3.05, 3.63) is 22.7 Å². The molecule has 0 bridgehead atoms. The van der Waals surface area contributed by atoms with Gasteiger partial charge in [-0.05, 0) is 57.8 Å². The highest BCUT2D eigenvalue weighted by Gasteiger charge is 2.18. The number of benzene rings is 1. The topological polar surface area (TPSA) is 78.9 Å². The van der Waals surface area contributed by atoms with Crippen LogP contribution in [-0.4, -0.2) is 32.9 Å². The highest BCUT2D eigenvalue weighted by atomic mass is 79.9. The average Bonchev–Trinajstić information content (AvgIpc) is 3.10. The van der Waals surface area contributed by atoms with Crippen LogP contribution in [-0.2, 0) is 11.3 Å². The molecule has 106 valence electrons. The van der Waals surface area contributed by atoms with Gasteiger partial charge in [0.2, 0.25) is 0 Å². The number of ether oxygens (including phenoxy) is 1. The van der Waals surface area contributed by atoms with E-state index in [2.05, 4.69) is 31.5 Å². The zero-order chi connectivity index (χ0) is 13.9. The van der Waals surface area contributed by atoms with Crippen molar-refractivity contribution >= 4 is 21.6 Å². The number of halogens is 1. The molecule has 7 heteroatoms. The third-order valence-corrected chi connectivity index (χ3v) is 4.37. The van der Waals surface area contributed by atoms with Crippen molar-refractivity contribution in [2.24, 2.45) is 0 Å². The Hall–Kier alpha value is -1.47. The van der Waals surface area contributed by atoms with Crippen LogP contribution in [0.4, 0.5) is 5.69 Å². The van der Waals surface area contributed by atoms with Crippen LogP contribution in [0, 0.1) is 0 Å². The van der Waals surface area contributed by atoms with E-state index in [0.29, 0.717) is 11.8 Å². The number of nitrogens with two attached hydrogens (primary N) is 1. The molecule has 1 unspecified atom stereocenters. The van der Waals surface area contributed by atoms with Crippen molar-refractivity contribution in [3.8, 4) is 11.4 Å². The molecule has 1 aliphatic rings. The molecule has 0 radical (unpaired) electrons. The van der Waals surface area contributed by atoms with Gasteiger partial charge < -0.3 is 10.5 Å². The van der Waals surface area contributed by atoms with Gasteiger partial charge in [0, 0.05) is 24.4 Å². The van der Waals surface area contributed by atoms with Gasteiger partial charge in [0.1, 0.15) is 0 Å². The van der Waals surface area contributed by atoms with Gasteiger partial charge in [-0.25, -0.2) is 4.68 Å². The molecule has 0 spiro atoms. The first kappa shape index (κ1) is 13.5. The van der Waals surface area contributed by atoms with Crippen LogP contribution in [0.2, 0.25) is 0 Å². The second kappa shape index (κ2) is 5.88. The third kappa shape index (κ3) is 2.69. The van der Waals surface area contributed by atoms with Crippen LogP contribution < -0.4 is 5.73 Å². The molecule has 1 aromatic carbocycles. The Morgan fingerprint density at radius 3 is 3.15 bits per heavy atom. The average molecular weight is 338 g/mol. The van der Waals surface area contributed by atoms with E-state index in [1.54, 1.807) is 4.68 Å². The minimum Gasteiger partial charge on any atom is -0.398 e. The SMILES string of the molecule is Nc1cccc(-c2nnnn2CCC2CCCO2)c1Br. The summed E-state index contributed by atoms with van der Waals surface area (Å²) in [5.41, 5.74) is 7.49. The van der Waals surface area contributed by atoms with Gasteiger partial charge >= 0.3 is 0 Å². The van der Waals surface area contributed by atoms with Crippen LogP contribution in [0.1, 0.15) is 19.3 Å². The van der Waals surface area contributed by atoms with Gasteiger partial charge in [0.15, 0.2) is 5.82 Å². The first-order valence-electron chi connectivity index (χ1n) is 6.68. The summed E-state index contributed by atoms with van der Waals surface area (Å²) < 4.78 is 8.26. The predicted molar refractivity (Wildman–Crippen MR) is 79.0 cm³/mol. The van der Waals surface area contributed by atoms with E-state index in [0.717, 1.165) is 48.3 Å². The Morgan fingerprint density at radius 1 is 1.45 bits per heavy atom. The number of nitrogens with zero attached hydrogens (tertiary/aromatic N) is 4. The van der Waals surface area contributed by atoms with Gasteiger partial charge in [-0.1, -0.05) is 6.07 Å². The zero-order valence-corrected chi connectivity index (χ0v) is 12.6. The second-order valence-corrected chi connectivity index (χ2v) is 5.65. The second-order valence-electron chi connectivity index (χ2n) is 4.86. The van der Waals surface area contributed by atoms with Gasteiger partial charge in [0.25, 0.3) is 0 Å². The van der Waals surface area contributed by atoms with Crippen LogP contribution in [0.3, 0.4) is 0 Å². The molecule has 2 aromatic rings. The fourth-order valence-electron chi connectivity index (χ4n) is 2.41. The smallest absolute Gasteiger partial charge is 0.183 e. The number of aryl methyl sites for hydroxylation is 1. The van der Waals surface area contributed by atoms with E-state index in [-0.39, 0.29) is 0 Å². The molecule has 3 rings (SSSR count). The Morgan fingerprint density at radius 2 is 2.35 bits per heavy atom. The van der Waals surface area contributed by atoms with Crippen molar-refractivity contribution in [1.82, 2.24) is 20.2 Å². The first-order valence-corrected chi connectivity index (χ1v) is 7.47. The van der Waals surface area contributed by atoms with Gasteiger partial charge in [0.05, 0.1) is 10.6 Å². The van der Waals surface area contributed by atoms with Crippen molar-refractivity contribution in [3.63, 3.8) is 0 Å².